The first-order chi connectivity index (χ1) is 13.4. The van der Waals surface area contributed by atoms with Crippen LogP contribution in [0.3, 0.4) is 0 Å². The van der Waals surface area contributed by atoms with E-state index in [2.05, 4.69) is 32.4 Å². The zero-order chi connectivity index (χ0) is 19.7. The van der Waals surface area contributed by atoms with Crippen LogP contribution >= 0.6 is 0 Å². The molecule has 0 fully saturated rings. The van der Waals surface area contributed by atoms with Crippen molar-refractivity contribution in [3.63, 3.8) is 0 Å². The van der Waals surface area contributed by atoms with Crippen molar-refractivity contribution in [2.45, 2.75) is 18.2 Å². The van der Waals surface area contributed by atoms with E-state index in [9.17, 15) is 8.42 Å². The SMILES string of the molecule is Cc1cc2cc(Nc3ccnc(Cc4cccc(S(C)(=O)=O)c4)n3)ccc2[nH]1. The summed E-state index contributed by atoms with van der Waals surface area (Å²) < 4.78 is 23.5. The van der Waals surface area contributed by atoms with E-state index in [0.29, 0.717) is 23.0 Å². The van der Waals surface area contributed by atoms with Crippen LogP contribution in [0.15, 0.2) is 65.7 Å². The highest BCUT2D eigenvalue weighted by atomic mass is 32.2. The van der Waals surface area contributed by atoms with Crippen LogP contribution < -0.4 is 5.32 Å². The van der Waals surface area contributed by atoms with Gasteiger partial charge >= 0.3 is 0 Å². The van der Waals surface area contributed by atoms with Crippen LogP contribution in [0.1, 0.15) is 17.1 Å². The van der Waals surface area contributed by atoms with Gasteiger partial charge in [-0.25, -0.2) is 18.4 Å². The molecule has 0 amide bonds. The number of nitrogens with zero attached hydrogens (tertiary/aromatic N) is 2. The molecule has 0 atom stereocenters. The molecule has 2 aromatic carbocycles. The van der Waals surface area contributed by atoms with Gasteiger partial charge in [0.15, 0.2) is 9.84 Å². The normalized spacial score (nSPS) is 11.6. The van der Waals surface area contributed by atoms with E-state index in [0.717, 1.165) is 27.8 Å². The number of nitrogens with one attached hydrogen (secondary N) is 2. The average molecular weight is 392 g/mol. The van der Waals surface area contributed by atoms with Gasteiger partial charge < -0.3 is 10.3 Å². The minimum absolute atomic E-state index is 0.300. The first-order valence-corrected chi connectivity index (χ1v) is 10.7. The van der Waals surface area contributed by atoms with Gasteiger partial charge in [0.05, 0.1) is 4.90 Å². The van der Waals surface area contributed by atoms with E-state index < -0.39 is 9.84 Å². The summed E-state index contributed by atoms with van der Waals surface area (Å²) in [6.45, 7) is 2.03. The quantitative estimate of drug-likeness (QED) is 0.536. The summed E-state index contributed by atoms with van der Waals surface area (Å²) in [7, 11) is -3.24. The molecule has 0 bridgehead atoms. The van der Waals surface area contributed by atoms with Crippen molar-refractivity contribution in [3.8, 4) is 0 Å². The number of aromatic amines is 1. The molecule has 2 N–H and O–H groups in total. The van der Waals surface area contributed by atoms with E-state index in [1.165, 1.54) is 6.26 Å². The van der Waals surface area contributed by atoms with Gasteiger partial charge in [-0.1, -0.05) is 12.1 Å². The summed E-state index contributed by atoms with van der Waals surface area (Å²) in [5, 5.41) is 4.44. The lowest BCUT2D eigenvalue weighted by Gasteiger charge is -2.08. The van der Waals surface area contributed by atoms with E-state index in [1.807, 2.05) is 31.2 Å². The molecule has 7 heteroatoms. The number of hydrogen-bond donors (Lipinski definition) is 2. The first-order valence-electron chi connectivity index (χ1n) is 8.84. The summed E-state index contributed by atoms with van der Waals surface area (Å²) in [4.78, 5) is 12.5. The van der Waals surface area contributed by atoms with Gasteiger partial charge in [-0.2, -0.15) is 0 Å². The van der Waals surface area contributed by atoms with Crippen LogP contribution in [0.2, 0.25) is 0 Å². The highest BCUT2D eigenvalue weighted by Gasteiger charge is 2.09. The molecule has 0 spiro atoms. The molecule has 0 radical (unpaired) electrons. The van der Waals surface area contributed by atoms with Crippen molar-refractivity contribution >= 4 is 32.2 Å². The molecule has 142 valence electrons. The predicted molar refractivity (Wildman–Crippen MR) is 111 cm³/mol. The van der Waals surface area contributed by atoms with Crippen molar-refractivity contribution in [3.05, 3.63) is 77.9 Å². The Morgan fingerprint density at radius 2 is 1.93 bits per heavy atom. The van der Waals surface area contributed by atoms with E-state index in [-0.39, 0.29) is 0 Å². The van der Waals surface area contributed by atoms with Gasteiger partial charge in [0.25, 0.3) is 0 Å². The number of rotatable bonds is 5. The molecule has 2 aromatic heterocycles. The fraction of sp³-hybridized carbons (Fsp3) is 0.143. The first kappa shape index (κ1) is 18.2. The zero-order valence-electron chi connectivity index (χ0n) is 15.6. The lowest BCUT2D eigenvalue weighted by Crippen LogP contribution is -2.02. The number of aryl methyl sites for hydroxylation is 1. The van der Waals surface area contributed by atoms with E-state index in [4.69, 9.17) is 0 Å². The van der Waals surface area contributed by atoms with Gasteiger partial charge in [0.2, 0.25) is 0 Å². The maximum absolute atomic E-state index is 11.7. The van der Waals surface area contributed by atoms with Crippen molar-refractivity contribution in [1.29, 1.82) is 0 Å². The number of H-pyrrole nitrogens is 1. The third kappa shape index (κ3) is 4.04. The Balaban J connectivity index is 1.55. The monoisotopic (exact) mass is 392 g/mol. The minimum Gasteiger partial charge on any atom is -0.359 e. The number of sulfone groups is 1. The number of aromatic nitrogens is 3. The molecule has 4 rings (SSSR count). The van der Waals surface area contributed by atoms with Crippen LogP contribution in [0.5, 0.6) is 0 Å². The van der Waals surface area contributed by atoms with E-state index >= 15 is 0 Å². The maximum atomic E-state index is 11.7. The number of fused-ring (bicyclic) bond motifs is 1. The van der Waals surface area contributed by atoms with Gasteiger partial charge in [-0.15, -0.1) is 0 Å². The second-order valence-electron chi connectivity index (χ2n) is 6.83. The van der Waals surface area contributed by atoms with Crippen molar-refractivity contribution in [2.24, 2.45) is 0 Å². The highest BCUT2D eigenvalue weighted by molar-refractivity contribution is 7.90. The molecule has 0 aliphatic heterocycles. The molecule has 28 heavy (non-hydrogen) atoms. The third-order valence-corrected chi connectivity index (χ3v) is 5.53. The predicted octanol–water partition coefficient (Wildman–Crippen LogP) is 4.00. The number of hydrogen-bond acceptors (Lipinski definition) is 5. The van der Waals surface area contributed by atoms with Crippen LogP contribution in [-0.2, 0) is 16.3 Å². The Kier molecular flexibility index (Phi) is 4.60. The average Bonchev–Trinajstić information content (AvgIpc) is 3.01. The summed E-state index contributed by atoms with van der Waals surface area (Å²) in [6.07, 6.45) is 3.36. The topological polar surface area (TPSA) is 87.7 Å². The van der Waals surface area contributed by atoms with Crippen molar-refractivity contribution in [1.82, 2.24) is 15.0 Å². The third-order valence-electron chi connectivity index (χ3n) is 4.42. The molecule has 2 heterocycles. The Morgan fingerprint density at radius 1 is 1.07 bits per heavy atom. The molecule has 0 aliphatic rings. The maximum Gasteiger partial charge on any atom is 0.175 e. The van der Waals surface area contributed by atoms with E-state index in [1.54, 1.807) is 24.4 Å². The summed E-state index contributed by atoms with van der Waals surface area (Å²) in [6, 6.07) is 16.9. The molecule has 0 saturated heterocycles. The largest absolute Gasteiger partial charge is 0.359 e. The Morgan fingerprint density at radius 3 is 2.75 bits per heavy atom. The Bertz CT molecular complexity index is 1260. The standard InChI is InChI=1S/C21H20N4O2S/c1-14-10-16-13-17(6-7-19(16)23-14)24-20-8-9-22-21(25-20)12-15-4-3-5-18(11-15)28(2,26)27/h3-11,13,23H,12H2,1-2H3,(H,22,24,25). The Hall–Kier alpha value is -3.19. The molecule has 0 saturated carbocycles. The number of anilines is 2. The number of benzene rings is 2. The fourth-order valence-corrected chi connectivity index (χ4v) is 3.82. The molecule has 0 aliphatic carbocycles. The van der Waals surface area contributed by atoms with Crippen LogP contribution in [0.4, 0.5) is 11.5 Å². The molecule has 6 nitrogen and oxygen atoms in total. The zero-order valence-corrected chi connectivity index (χ0v) is 16.4. The second kappa shape index (κ2) is 7.09. The lowest BCUT2D eigenvalue weighted by atomic mass is 10.1. The second-order valence-corrected chi connectivity index (χ2v) is 8.85. The van der Waals surface area contributed by atoms with Crippen LogP contribution in [-0.4, -0.2) is 29.6 Å². The van der Waals surface area contributed by atoms with Gasteiger partial charge in [0, 0.05) is 41.2 Å². The van der Waals surface area contributed by atoms with Gasteiger partial charge in [-0.3, -0.25) is 0 Å². The summed E-state index contributed by atoms with van der Waals surface area (Å²) in [5.41, 5.74) is 4.00. The fourth-order valence-electron chi connectivity index (χ4n) is 3.13. The van der Waals surface area contributed by atoms with Gasteiger partial charge in [0.1, 0.15) is 11.6 Å². The molecular weight excluding hydrogens is 372 g/mol. The van der Waals surface area contributed by atoms with Gasteiger partial charge in [-0.05, 0) is 55.0 Å². The Labute approximate surface area is 163 Å². The van der Waals surface area contributed by atoms with Crippen LogP contribution in [0.25, 0.3) is 10.9 Å². The van der Waals surface area contributed by atoms with Crippen molar-refractivity contribution in [2.75, 3.05) is 11.6 Å². The molecule has 4 aromatic rings. The highest BCUT2D eigenvalue weighted by Crippen LogP contribution is 2.22. The van der Waals surface area contributed by atoms with Crippen LogP contribution in [0, 0.1) is 6.92 Å². The minimum atomic E-state index is -3.24. The summed E-state index contributed by atoms with van der Waals surface area (Å²) >= 11 is 0. The smallest absolute Gasteiger partial charge is 0.175 e. The molecule has 0 unspecified atom stereocenters. The van der Waals surface area contributed by atoms with Crippen molar-refractivity contribution < 1.29 is 8.42 Å². The lowest BCUT2D eigenvalue weighted by molar-refractivity contribution is 0.601. The summed E-state index contributed by atoms with van der Waals surface area (Å²) in [5.74, 6) is 1.31. The molecular formula is C21H20N4O2S.